The Kier molecular flexibility index (Phi) is 3.03. The van der Waals surface area contributed by atoms with E-state index in [0.717, 1.165) is 24.5 Å². The number of nitrogens with one attached hydrogen (secondary N) is 1. The van der Waals surface area contributed by atoms with Crippen LogP contribution in [-0.4, -0.2) is 13.1 Å². The minimum atomic E-state index is 0.457. The highest BCUT2D eigenvalue weighted by Crippen LogP contribution is 2.33. The zero-order valence-electron chi connectivity index (χ0n) is 9.44. The van der Waals surface area contributed by atoms with Gasteiger partial charge in [-0.1, -0.05) is 30.7 Å². The van der Waals surface area contributed by atoms with Crippen LogP contribution in [0.2, 0.25) is 5.02 Å². The average molecular weight is 224 g/mol. The van der Waals surface area contributed by atoms with Crippen LogP contribution in [0.25, 0.3) is 0 Å². The first-order chi connectivity index (χ1) is 7.15. The third-order valence-corrected chi connectivity index (χ3v) is 3.88. The maximum Gasteiger partial charge on any atom is 0.0440 e. The van der Waals surface area contributed by atoms with Crippen LogP contribution >= 0.6 is 11.6 Å². The molecule has 0 amide bonds. The lowest BCUT2D eigenvalue weighted by Gasteiger charge is -2.42. The lowest BCUT2D eigenvalue weighted by atomic mass is 9.74. The largest absolute Gasteiger partial charge is 0.316 e. The van der Waals surface area contributed by atoms with Gasteiger partial charge in [0.1, 0.15) is 0 Å². The van der Waals surface area contributed by atoms with E-state index in [1.165, 1.54) is 17.5 Å². The lowest BCUT2D eigenvalue weighted by Crippen LogP contribution is -2.54. The summed E-state index contributed by atoms with van der Waals surface area (Å²) >= 11 is 6.25. The molecule has 1 aliphatic rings. The van der Waals surface area contributed by atoms with E-state index in [0.29, 0.717) is 5.41 Å². The number of aryl methyl sites for hydroxylation is 1. The van der Waals surface area contributed by atoms with Crippen LogP contribution in [0.15, 0.2) is 18.2 Å². The minimum Gasteiger partial charge on any atom is -0.316 e. The van der Waals surface area contributed by atoms with E-state index in [2.05, 4.69) is 37.4 Å². The smallest absolute Gasteiger partial charge is 0.0440 e. The SMILES string of the molecule is CCC1(Cc2ccc(C)cc2Cl)CNC1. The minimum absolute atomic E-state index is 0.457. The monoisotopic (exact) mass is 223 g/mol. The van der Waals surface area contributed by atoms with Crippen molar-refractivity contribution in [2.75, 3.05) is 13.1 Å². The Labute approximate surface area is 96.8 Å². The summed E-state index contributed by atoms with van der Waals surface area (Å²) in [6.45, 7) is 6.61. The van der Waals surface area contributed by atoms with Crippen molar-refractivity contribution in [1.29, 1.82) is 0 Å². The van der Waals surface area contributed by atoms with Crippen molar-refractivity contribution in [2.45, 2.75) is 26.7 Å². The molecule has 15 heavy (non-hydrogen) atoms. The van der Waals surface area contributed by atoms with E-state index in [9.17, 15) is 0 Å². The molecule has 0 unspecified atom stereocenters. The summed E-state index contributed by atoms with van der Waals surface area (Å²) in [6, 6.07) is 6.39. The van der Waals surface area contributed by atoms with E-state index in [1.807, 2.05) is 0 Å². The number of hydrogen-bond acceptors (Lipinski definition) is 1. The predicted molar refractivity (Wildman–Crippen MR) is 65.5 cm³/mol. The molecule has 0 bridgehead atoms. The van der Waals surface area contributed by atoms with Crippen LogP contribution < -0.4 is 5.32 Å². The fourth-order valence-electron chi connectivity index (χ4n) is 2.18. The van der Waals surface area contributed by atoms with Crippen LogP contribution in [0, 0.1) is 12.3 Å². The van der Waals surface area contributed by atoms with Crippen LogP contribution in [0.1, 0.15) is 24.5 Å². The quantitative estimate of drug-likeness (QED) is 0.830. The second-order valence-electron chi connectivity index (χ2n) is 4.73. The third kappa shape index (κ3) is 2.19. The van der Waals surface area contributed by atoms with Gasteiger partial charge in [-0.3, -0.25) is 0 Å². The van der Waals surface area contributed by atoms with E-state index in [1.54, 1.807) is 0 Å². The molecule has 2 heteroatoms. The van der Waals surface area contributed by atoms with Gasteiger partial charge >= 0.3 is 0 Å². The molecule has 2 rings (SSSR count). The van der Waals surface area contributed by atoms with Gasteiger partial charge in [0, 0.05) is 18.1 Å². The Hall–Kier alpha value is -0.530. The van der Waals surface area contributed by atoms with Crippen molar-refractivity contribution in [1.82, 2.24) is 5.32 Å². The molecule has 0 radical (unpaired) electrons. The highest BCUT2D eigenvalue weighted by atomic mass is 35.5. The summed E-state index contributed by atoms with van der Waals surface area (Å²) in [7, 11) is 0. The molecule has 1 heterocycles. The standard InChI is InChI=1S/C13H18ClN/c1-3-13(8-15-9-13)7-11-5-4-10(2)6-12(11)14/h4-6,15H,3,7-9H2,1-2H3. The molecule has 1 aromatic rings. The topological polar surface area (TPSA) is 12.0 Å². The first kappa shape index (κ1) is 11.0. The van der Waals surface area contributed by atoms with E-state index < -0.39 is 0 Å². The zero-order chi connectivity index (χ0) is 10.9. The molecule has 1 fully saturated rings. The lowest BCUT2D eigenvalue weighted by molar-refractivity contribution is 0.160. The van der Waals surface area contributed by atoms with Gasteiger partial charge in [-0.25, -0.2) is 0 Å². The normalized spacial score (nSPS) is 18.6. The van der Waals surface area contributed by atoms with Crippen molar-refractivity contribution in [2.24, 2.45) is 5.41 Å². The van der Waals surface area contributed by atoms with Gasteiger partial charge in [0.15, 0.2) is 0 Å². The van der Waals surface area contributed by atoms with E-state index in [-0.39, 0.29) is 0 Å². The van der Waals surface area contributed by atoms with Crippen LogP contribution in [0.4, 0.5) is 0 Å². The number of rotatable bonds is 3. The fraction of sp³-hybridized carbons (Fsp3) is 0.538. The van der Waals surface area contributed by atoms with E-state index in [4.69, 9.17) is 11.6 Å². The first-order valence-corrected chi connectivity index (χ1v) is 5.99. The molecule has 0 spiro atoms. The number of halogens is 1. The van der Waals surface area contributed by atoms with Gasteiger partial charge < -0.3 is 5.32 Å². The van der Waals surface area contributed by atoms with Gasteiger partial charge in [0.25, 0.3) is 0 Å². The summed E-state index contributed by atoms with van der Waals surface area (Å²) in [5.41, 5.74) is 2.99. The molecule has 1 aromatic carbocycles. The van der Waals surface area contributed by atoms with Crippen molar-refractivity contribution in [3.05, 3.63) is 34.3 Å². The van der Waals surface area contributed by atoms with Gasteiger partial charge in [-0.15, -0.1) is 0 Å². The molecule has 82 valence electrons. The summed E-state index contributed by atoms with van der Waals surface area (Å²) in [5, 5.41) is 4.29. The Morgan fingerprint density at radius 3 is 2.60 bits per heavy atom. The third-order valence-electron chi connectivity index (χ3n) is 3.52. The Bertz CT molecular complexity index is 350. The predicted octanol–water partition coefficient (Wildman–Crippen LogP) is 3.19. The molecule has 1 nitrogen and oxygen atoms in total. The maximum absolute atomic E-state index is 6.25. The summed E-state index contributed by atoms with van der Waals surface area (Å²) in [5.74, 6) is 0. The summed E-state index contributed by atoms with van der Waals surface area (Å²) in [6.07, 6.45) is 2.33. The van der Waals surface area contributed by atoms with Crippen molar-refractivity contribution in [3.8, 4) is 0 Å². The van der Waals surface area contributed by atoms with Crippen LogP contribution in [0.3, 0.4) is 0 Å². The fourth-order valence-corrected chi connectivity index (χ4v) is 2.48. The molecule has 0 aromatic heterocycles. The van der Waals surface area contributed by atoms with Gasteiger partial charge in [0.2, 0.25) is 0 Å². The highest BCUT2D eigenvalue weighted by molar-refractivity contribution is 6.31. The Morgan fingerprint density at radius 2 is 2.13 bits per heavy atom. The Balaban J connectivity index is 2.16. The second kappa shape index (κ2) is 4.15. The van der Waals surface area contributed by atoms with Gasteiger partial charge in [-0.2, -0.15) is 0 Å². The summed E-state index contributed by atoms with van der Waals surface area (Å²) < 4.78 is 0. The first-order valence-electron chi connectivity index (χ1n) is 5.61. The number of hydrogen-bond donors (Lipinski definition) is 1. The van der Waals surface area contributed by atoms with Crippen LogP contribution in [0.5, 0.6) is 0 Å². The van der Waals surface area contributed by atoms with Crippen molar-refractivity contribution in [3.63, 3.8) is 0 Å². The average Bonchev–Trinajstić information content (AvgIpc) is 2.14. The molecule has 1 saturated heterocycles. The summed E-state index contributed by atoms with van der Waals surface area (Å²) in [4.78, 5) is 0. The van der Waals surface area contributed by atoms with Gasteiger partial charge in [0.05, 0.1) is 0 Å². The zero-order valence-corrected chi connectivity index (χ0v) is 10.2. The highest BCUT2D eigenvalue weighted by Gasteiger charge is 2.35. The molecular weight excluding hydrogens is 206 g/mol. The molecule has 1 N–H and O–H groups in total. The molecule has 0 atom stereocenters. The van der Waals surface area contributed by atoms with Crippen LogP contribution in [-0.2, 0) is 6.42 Å². The molecule has 0 aliphatic carbocycles. The van der Waals surface area contributed by atoms with Crippen molar-refractivity contribution >= 4 is 11.6 Å². The van der Waals surface area contributed by atoms with E-state index >= 15 is 0 Å². The Morgan fingerprint density at radius 1 is 1.40 bits per heavy atom. The van der Waals surface area contributed by atoms with Crippen molar-refractivity contribution < 1.29 is 0 Å². The molecular formula is C13H18ClN. The van der Waals surface area contributed by atoms with Gasteiger partial charge in [-0.05, 0) is 42.4 Å². The number of benzene rings is 1. The maximum atomic E-state index is 6.25. The second-order valence-corrected chi connectivity index (χ2v) is 5.14. The molecule has 0 saturated carbocycles. The molecule has 1 aliphatic heterocycles.